The molecule has 1 saturated heterocycles. The van der Waals surface area contributed by atoms with E-state index < -0.39 is 5.67 Å². The van der Waals surface area contributed by atoms with Crippen molar-refractivity contribution in [2.75, 3.05) is 13.1 Å². The highest BCUT2D eigenvalue weighted by Gasteiger charge is 2.29. The number of carbonyl (C=O) groups excluding carboxylic acids is 1. The van der Waals surface area contributed by atoms with Crippen molar-refractivity contribution in [3.63, 3.8) is 0 Å². The van der Waals surface area contributed by atoms with Crippen molar-refractivity contribution in [2.45, 2.75) is 66.5 Å². The van der Waals surface area contributed by atoms with Crippen molar-refractivity contribution < 1.29 is 13.9 Å². The molecule has 1 aliphatic heterocycles. The highest BCUT2D eigenvalue weighted by molar-refractivity contribution is 6.01. The van der Waals surface area contributed by atoms with Gasteiger partial charge in [0, 0.05) is 30.3 Å². The third-order valence-corrected chi connectivity index (χ3v) is 5.46. The number of aromatic nitrogens is 1. The highest BCUT2D eigenvalue weighted by atomic mass is 19.1. The summed E-state index contributed by atoms with van der Waals surface area (Å²) in [5.41, 5.74) is 1.19. The normalized spacial score (nSPS) is 16.8. The summed E-state index contributed by atoms with van der Waals surface area (Å²) >= 11 is 0. The maximum absolute atomic E-state index is 14.2. The van der Waals surface area contributed by atoms with Gasteiger partial charge in [0.05, 0.1) is 17.6 Å². The monoisotopic (exact) mass is 441 g/mol. The Morgan fingerprint density at radius 1 is 1.34 bits per heavy atom. The number of nitrogens with zero attached hydrogens (tertiary/aromatic N) is 3. The van der Waals surface area contributed by atoms with Gasteiger partial charge in [-0.15, -0.1) is 0 Å². The van der Waals surface area contributed by atoms with Crippen LogP contribution in [0.2, 0.25) is 0 Å². The Morgan fingerprint density at radius 2 is 2.00 bits per heavy atom. The first-order valence-corrected chi connectivity index (χ1v) is 11.3. The molecule has 1 amide bonds. The van der Waals surface area contributed by atoms with E-state index >= 15 is 0 Å². The second-order valence-electron chi connectivity index (χ2n) is 8.70. The summed E-state index contributed by atoms with van der Waals surface area (Å²) in [6.45, 7) is 15.8. The van der Waals surface area contributed by atoms with Crippen molar-refractivity contribution >= 4 is 11.6 Å². The van der Waals surface area contributed by atoms with E-state index in [2.05, 4.69) is 11.6 Å². The molecule has 0 bridgehead atoms. The largest absolute Gasteiger partial charge is 0.454 e. The molecular weight excluding hydrogens is 405 g/mol. The number of allylic oxidation sites excluding steroid dienone is 4. The van der Waals surface area contributed by atoms with Crippen LogP contribution in [0.1, 0.15) is 66.5 Å². The number of hydrogen-bond donors (Lipinski definition) is 0. The van der Waals surface area contributed by atoms with Crippen LogP contribution in [0, 0.1) is 5.92 Å². The quantitative estimate of drug-likeness (QED) is 0.277. The van der Waals surface area contributed by atoms with Gasteiger partial charge < -0.3 is 9.64 Å². The Labute approximate surface area is 191 Å². The van der Waals surface area contributed by atoms with Crippen LogP contribution < -0.4 is 4.74 Å². The Kier molecular flexibility index (Phi) is 8.93. The van der Waals surface area contributed by atoms with Crippen molar-refractivity contribution in [1.82, 2.24) is 9.88 Å². The predicted octanol–water partition coefficient (Wildman–Crippen LogP) is 6.14. The molecule has 1 fully saturated rings. The van der Waals surface area contributed by atoms with E-state index in [1.165, 1.54) is 13.8 Å². The number of halogens is 1. The number of alkyl halides is 1. The number of carbonyl (C=O) groups is 1. The molecule has 1 aliphatic rings. The van der Waals surface area contributed by atoms with Crippen LogP contribution in [0.5, 0.6) is 5.75 Å². The molecule has 1 aromatic heterocycles. The molecule has 174 valence electrons. The number of ether oxygens (including phenoxy) is 1. The molecule has 1 aromatic rings. The summed E-state index contributed by atoms with van der Waals surface area (Å²) < 4.78 is 20.4. The summed E-state index contributed by atoms with van der Waals surface area (Å²) in [6.07, 6.45) is 7.90. The number of piperidine rings is 1. The molecule has 0 aromatic carbocycles. The number of aliphatic imine (C=N–C) groups is 1. The van der Waals surface area contributed by atoms with E-state index in [4.69, 9.17) is 9.73 Å². The summed E-state index contributed by atoms with van der Waals surface area (Å²) in [6, 6.07) is 3.38. The maximum atomic E-state index is 14.2. The minimum Gasteiger partial charge on any atom is -0.454 e. The maximum Gasteiger partial charge on any atom is 0.248 e. The van der Waals surface area contributed by atoms with E-state index in [1.807, 2.05) is 37.8 Å². The van der Waals surface area contributed by atoms with Crippen molar-refractivity contribution in [2.24, 2.45) is 10.9 Å². The molecule has 0 atom stereocenters. The number of pyridine rings is 1. The van der Waals surface area contributed by atoms with Gasteiger partial charge in [-0.1, -0.05) is 19.6 Å². The van der Waals surface area contributed by atoms with Gasteiger partial charge in [0.15, 0.2) is 0 Å². The first-order chi connectivity index (χ1) is 15.1. The molecule has 32 heavy (non-hydrogen) atoms. The predicted molar refractivity (Wildman–Crippen MR) is 128 cm³/mol. The molecule has 0 radical (unpaired) electrons. The van der Waals surface area contributed by atoms with E-state index in [0.29, 0.717) is 35.9 Å². The number of rotatable bonds is 8. The van der Waals surface area contributed by atoms with Crippen molar-refractivity contribution in [3.8, 4) is 5.75 Å². The summed E-state index contributed by atoms with van der Waals surface area (Å²) in [5, 5.41) is 0. The standard InChI is InChI=1S/C26H36FN3O2/c1-8-10-22(32-21-11-12-23(28-17-21)26(6,7)27)24(29-19(5)9-2)20-13-15-30(16-14-20)25(31)18(3)4/h9-12,17,20H,3,8,13-16H2,1-2,4-7H3/b19-9-,22-10-,29-24+. The third kappa shape index (κ3) is 6.87. The average Bonchev–Trinajstić information content (AvgIpc) is 2.76. The highest BCUT2D eigenvalue weighted by Crippen LogP contribution is 2.28. The summed E-state index contributed by atoms with van der Waals surface area (Å²) in [5.74, 6) is 1.40. The van der Waals surface area contributed by atoms with Crippen LogP contribution in [0.4, 0.5) is 4.39 Å². The van der Waals surface area contributed by atoms with Crippen LogP contribution in [-0.2, 0) is 10.5 Å². The third-order valence-electron chi connectivity index (χ3n) is 5.46. The SMILES string of the molecule is C=C(C)C(=O)N1CCC(C(=N\C(C)=C/C)/C(=C/CC)Oc2ccc(C(C)(C)F)nc2)CC1. The Morgan fingerprint density at radius 3 is 2.47 bits per heavy atom. The van der Waals surface area contributed by atoms with Gasteiger partial charge >= 0.3 is 0 Å². The zero-order valence-corrected chi connectivity index (χ0v) is 20.2. The molecular formula is C26H36FN3O2. The van der Waals surface area contributed by atoms with E-state index in [1.54, 1.807) is 25.3 Å². The average molecular weight is 442 g/mol. The molecule has 0 spiro atoms. The number of likely N-dealkylation sites (tertiary alicyclic amines) is 1. The molecule has 0 N–H and O–H groups in total. The van der Waals surface area contributed by atoms with Crippen molar-refractivity contribution in [3.05, 3.63) is 59.8 Å². The lowest BCUT2D eigenvalue weighted by molar-refractivity contribution is -0.128. The zero-order valence-electron chi connectivity index (χ0n) is 20.2. The van der Waals surface area contributed by atoms with E-state index in [-0.39, 0.29) is 11.8 Å². The van der Waals surface area contributed by atoms with Gasteiger partial charge in [0.1, 0.15) is 17.2 Å². The van der Waals surface area contributed by atoms with Gasteiger partial charge in [-0.25, -0.2) is 4.39 Å². The lowest BCUT2D eigenvalue weighted by atomic mass is 9.90. The molecule has 6 heteroatoms. The number of hydrogen-bond acceptors (Lipinski definition) is 4. The van der Waals surface area contributed by atoms with Gasteiger partial charge in [-0.2, -0.15) is 0 Å². The van der Waals surface area contributed by atoms with Crippen LogP contribution in [-0.4, -0.2) is 34.6 Å². The fourth-order valence-corrected chi connectivity index (χ4v) is 3.53. The molecule has 0 aliphatic carbocycles. The molecule has 0 unspecified atom stereocenters. The Balaban J connectivity index is 2.29. The Hall–Kier alpha value is -2.76. The van der Waals surface area contributed by atoms with Crippen LogP contribution in [0.3, 0.4) is 0 Å². The fourth-order valence-electron chi connectivity index (χ4n) is 3.53. The topological polar surface area (TPSA) is 54.8 Å². The molecule has 2 rings (SSSR count). The minimum atomic E-state index is -1.51. The lowest BCUT2D eigenvalue weighted by Gasteiger charge is -2.33. The summed E-state index contributed by atoms with van der Waals surface area (Å²) in [4.78, 5) is 23.2. The van der Waals surface area contributed by atoms with Gasteiger partial charge in [0.2, 0.25) is 5.91 Å². The molecule has 5 nitrogen and oxygen atoms in total. The second kappa shape index (κ2) is 11.2. The lowest BCUT2D eigenvalue weighted by Crippen LogP contribution is -2.41. The van der Waals surface area contributed by atoms with E-state index in [9.17, 15) is 9.18 Å². The summed E-state index contributed by atoms with van der Waals surface area (Å²) in [7, 11) is 0. The smallest absolute Gasteiger partial charge is 0.248 e. The minimum absolute atomic E-state index is 0.00842. The van der Waals surface area contributed by atoms with E-state index in [0.717, 1.165) is 30.7 Å². The van der Waals surface area contributed by atoms with Crippen LogP contribution >= 0.6 is 0 Å². The molecule has 2 heterocycles. The van der Waals surface area contributed by atoms with Crippen molar-refractivity contribution in [1.29, 1.82) is 0 Å². The van der Waals surface area contributed by atoms with Gasteiger partial charge in [-0.05, 0) is 72.1 Å². The van der Waals surface area contributed by atoms with Crippen LogP contribution in [0.25, 0.3) is 0 Å². The Bertz CT molecular complexity index is 900. The second-order valence-corrected chi connectivity index (χ2v) is 8.70. The zero-order chi connectivity index (χ0) is 23.9. The first-order valence-electron chi connectivity index (χ1n) is 11.3. The number of amides is 1. The van der Waals surface area contributed by atoms with Gasteiger partial charge in [-0.3, -0.25) is 14.8 Å². The van der Waals surface area contributed by atoms with Gasteiger partial charge in [0.25, 0.3) is 0 Å². The fraction of sp³-hybridized carbons (Fsp3) is 0.500. The van der Waals surface area contributed by atoms with Crippen LogP contribution in [0.15, 0.2) is 59.1 Å². The first kappa shape index (κ1) is 25.5. The molecule has 0 saturated carbocycles.